The molecule has 1 aliphatic heterocycles. The van der Waals surface area contributed by atoms with Crippen LogP contribution >= 0.6 is 0 Å². The van der Waals surface area contributed by atoms with Gasteiger partial charge in [-0.2, -0.15) is 0 Å². The number of benzene rings is 1. The Labute approximate surface area is 143 Å². The summed E-state index contributed by atoms with van der Waals surface area (Å²) in [5, 5.41) is 11.5. The molecule has 0 radical (unpaired) electrons. The molecule has 2 saturated carbocycles. The Morgan fingerprint density at radius 1 is 1.12 bits per heavy atom. The average Bonchev–Trinajstić information content (AvgIpc) is 3.39. The van der Waals surface area contributed by atoms with Gasteiger partial charge in [-0.1, -0.05) is 12.2 Å². The molecular weight excluding hydrogens is 324 g/mol. The van der Waals surface area contributed by atoms with Crippen LogP contribution in [-0.2, 0) is 9.59 Å². The first kappa shape index (κ1) is 14.6. The lowest BCUT2D eigenvalue weighted by Crippen LogP contribution is -2.40. The van der Waals surface area contributed by atoms with E-state index >= 15 is 0 Å². The summed E-state index contributed by atoms with van der Waals surface area (Å²) in [6, 6.07) is 4.22. The highest BCUT2D eigenvalue weighted by molar-refractivity contribution is 6.23. The van der Waals surface area contributed by atoms with Crippen LogP contribution < -0.4 is 9.64 Å². The molecule has 4 aliphatic carbocycles. The molecule has 1 heterocycles. The van der Waals surface area contributed by atoms with Gasteiger partial charge in [0.05, 0.1) is 29.9 Å². The summed E-state index contributed by atoms with van der Waals surface area (Å²) in [5.41, 5.74) is -0.242. The molecule has 5 aliphatic rings. The van der Waals surface area contributed by atoms with Crippen LogP contribution in [0.3, 0.4) is 0 Å². The smallest absolute Gasteiger partial charge is 0.297 e. The van der Waals surface area contributed by atoms with E-state index in [0.29, 0.717) is 17.6 Å². The van der Waals surface area contributed by atoms with Crippen LogP contribution in [0.15, 0.2) is 30.4 Å². The number of nitrogens with zero attached hydrogens (tertiary/aromatic N) is 2. The third kappa shape index (κ3) is 1.75. The van der Waals surface area contributed by atoms with Gasteiger partial charge >= 0.3 is 0 Å². The van der Waals surface area contributed by atoms with Gasteiger partial charge in [-0.25, -0.2) is 4.90 Å². The van der Waals surface area contributed by atoms with Crippen molar-refractivity contribution in [2.75, 3.05) is 12.0 Å². The zero-order chi connectivity index (χ0) is 17.5. The molecular formula is C18H16N2O5. The molecule has 2 bridgehead atoms. The van der Waals surface area contributed by atoms with E-state index in [2.05, 4.69) is 12.2 Å². The van der Waals surface area contributed by atoms with Crippen molar-refractivity contribution in [3.8, 4) is 5.75 Å². The fraction of sp³-hybridized carbons (Fsp3) is 0.444. The van der Waals surface area contributed by atoms with Gasteiger partial charge in [-0.3, -0.25) is 19.7 Å². The molecule has 6 rings (SSSR count). The van der Waals surface area contributed by atoms with Gasteiger partial charge in [-0.15, -0.1) is 0 Å². The van der Waals surface area contributed by atoms with E-state index in [1.165, 1.54) is 25.3 Å². The molecule has 1 saturated heterocycles. The number of rotatable bonds is 3. The van der Waals surface area contributed by atoms with Gasteiger partial charge in [0.1, 0.15) is 11.4 Å². The number of allylic oxidation sites excluding steroid dienone is 2. The van der Waals surface area contributed by atoms with Gasteiger partial charge in [0.15, 0.2) is 0 Å². The molecule has 0 spiro atoms. The minimum atomic E-state index is -0.579. The predicted molar refractivity (Wildman–Crippen MR) is 86.8 cm³/mol. The topological polar surface area (TPSA) is 89.8 Å². The third-order valence-electron chi connectivity index (χ3n) is 6.28. The van der Waals surface area contributed by atoms with Crippen molar-refractivity contribution >= 4 is 23.2 Å². The highest BCUT2D eigenvalue weighted by Crippen LogP contribution is 2.65. The first-order chi connectivity index (χ1) is 12.0. The molecule has 128 valence electrons. The molecule has 25 heavy (non-hydrogen) atoms. The molecule has 1 aromatic carbocycles. The van der Waals surface area contributed by atoms with Crippen LogP contribution in [0, 0.1) is 45.6 Å². The second-order valence-electron chi connectivity index (χ2n) is 7.28. The molecule has 0 unspecified atom stereocenters. The van der Waals surface area contributed by atoms with Crippen LogP contribution in [0.25, 0.3) is 0 Å². The van der Waals surface area contributed by atoms with Crippen LogP contribution in [-0.4, -0.2) is 23.8 Å². The van der Waals surface area contributed by atoms with Gasteiger partial charge in [-0.05, 0) is 42.2 Å². The van der Waals surface area contributed by atoms with Crippen LogP contribution in [0.2, 0.25) is 0 Å². The first-order valence-electron chi connectivity index (χ1n) is 8.41. The van der Waals surface area contributed by atoms with Crippen LogP contribution in [0.5, 0.6) is 5.75 Å². The molecule has 0 aromatic heterocycles. The summed E-state index contributed by atoms with van der Waals surface area (Å²) in [5.74, 6) is 0.173. The van der Waals surface area contributed by atoms with Crippen molar-refractivity contribution in [1.82, 2.24) is 0 Å². The number of nitro benzene ring substituents is 1. The van der Waals surface area contributed by atoms with E-state index in [9.17, 15) is 19.7 Å². The summed E-state index contributed by atoms with van der Waals surface area (Å²) >= 11 is 0. The van der Waals surface area contributed by atoms with E-state index in [1.807, 2.05) is 0 Å². The van der Waals surface area contributed by atoms with E-state index in [4.69, 9.17) is 4.74 Å². The largest absolute Gasteiger partial charge is 0.496 e. The maximum atomic E-state index is 13.1. The highest BCUT2D eigenvalue weighted by Gasteiger charge is 2.67. The number of carbonyl (C=O) groups is 2. The lowest BCUT2D eigenvalue weighted by molar-refractivity contribution is -0.384. The van der Waals surface area contributed by atoms with Crippen molar-refractivity contribution in [3.05, 3.63) is 40.5 Å². The summed E-state index contributed by atoms with van der Waals surface area (Å²) < 4.78 is 5.03. The maximum absolute atomic E-state index is 13.1. The van der Waals surface area contributed by atoms with E-state index in [0.717, 1.165) is 11.3 Å². The quantitative estimate of drug-likeness (QED) is 0.364. The minimum Gasteiger partial charge on any atom is -0.496 e. The Morgan fingerprint density at radius 2 is 1.72 bits per heavy atom. The van der Waals surface area contributed by atoms with Crippen LogP contribution in [0.4, 0.5) is 11.4 Å². The highest BCUT2D eigenvalue weighted by atomic mass is 16.6. The van der Waals surface area contributed by atoms with Gasteiger partial charge < -0.3 is 4.74 Å². The lowest BCUT2D eigenvalue weighted by atomic mass is 9.63. The van der Waals surface area contributed by atoms with E-state index in [-0.39, 0.29) is 46.9 Å². The zero-order valence-corrected chi connectivity index (χ0v) is 13.5. The predicted octanol–water partition coefficient (Wildman–Crippen LogP) is 2.16. The first-order valence-corrected chi connectivity index (χ1v) is 8.41. The molecule has 2 amide bonds. The van der Waals surface area contributed by atoms with Crippen molar-refractivity contribution < 1.29 is 19.2 Å². The number of hydrogen-bond acceptors (Lipinski definition) is 5. The summed E-state index contributed by atoms with van der Waals surface area (Å²) in [4.78, 5) is 38.0. The fourth-order valence-corrected chi connectivity index (χ4v) is 5.16. The number of methoxy groups -OCH3 is 1. The second-order valence-corrected chi connectivity index (χ2v) is 7.28. The third-order valence-corrected chi connectivity index (χ3v) is 6.28. The molecule has 7 nitrogen and oxygen atoms in total. The van der Waals surface area contributed by atoms with E-state index in [1.54, 1.807) is 0 Å². The number of amides is 2. The number of carbonyl (C=O) groups excluding carboxylic acids is 2. The molecule has 0 N–H and O–H groups in total. The SMILES string of the molecule is COc1ccc(N2C(=O)[C@@H]3[C@@H]4C=C[C@H]([C@H]5C[C@@H]45)[C@@H]3C2=O)c([N+](=O)[O-])c1. The number of nitro groups is 1. The van der Waals surface area contributed by atoms with Gasteiger partial charge in [0, 0.05) is 0 Å². The van der Waals surface area contributed by atoms with Crippen molar-refractivity contribution in [3.63, 3.8) is 0 Å². The van der Waals surface area contributed by atoms with E-state index < -0.39 is 4.92 Å². The van der Waals surface area contributed by atoms with Gasteiger partial charge in [0.25, 0.3) is 5.69 Å². The summed E-state index contributed by atoms with van der Waals surface area (Å²) in [6.45, 7) is 0. The number of imide groups is 1. The summed E-state index contributed by atoms with van der Waals surface area (Å²) in [6.07, 6.45) is 5.24. The Balaban J connectivity index is 1.60. The minimum absolute atomic E-state index is 0.0447. The number of anilines is 1. The molecule has 1 aromatic rings. The number of hydrogen-bond donors (Lipinski definition) is 0. The lowest BCUT2D eigenvalue weighted by Gasteiger charge is -2.37. The van der Waals surface area contributed by atoms with Crippen molar-refractivity contribution in [2.24, 2.45) is 35.5 Å². The molecule has 3 fully saturated rings. The average molecular weight is 340 g/mol. The van der Waals surface area contributed by atoms with Gasteiger partial charge in [0.2, 0.25) is 11.8 Å². The Bertz CT molecular complexity index is 827. The Hall–Kier alpha value is -2.70. The fourth-order valence-electron chi connectivity index (χ4n) is 5.16. The zero-order valence-electron chi connectivity index (χ0n) is 13.5. The van der Waals surface area contributed by atoms with Crippen molar-refractivity contribution in [2.45, 2.75) is 6.42 Å². The Kier molecular flexibility index (Phi) is 2.74. The number of ether oxygens (including phenoxy) is 1. The van der Waals surface area contributed by atoms with Crippen molar-refractivity contribution in [1.29, 1.82) is 0 Å². The molecule has 7 heteroatoms. The van der Waals surface area contributed by atoms with Crippen LogP contribution in [0.1, 0.15) is 6.42 Å². The Morgan fingerprint density at radius 3 is 2.24 bits per heavy atom. The monoisotopic (exact) mass is 340 g/mol. The normalized spacial score (nSPS) is 37.1. The molecule has 6 atom stereocenters. The maximum Gasteiger partial charge on any atom is 0.297 e. The second kappa shape index (κ2) is 4.68. The summed E-state index contributed by atoms with van der Waals surface area (Å²) in [7, 11) is 1.41. The standard InChI is InChI=1S/C18H16N2O5/c1-25-8-2-5-13(14(6-8)20(23)24)19-17(21)15-9-3-4-10(12-7-11(9)12)16(15)18(19)22/h2-6,9-12,15-16H,7H2,1H3/t9-,10-,11-,12+,15+,16-/m1/s1.